The fourth-order valence-electron chi connectivity index (χ4n) is 1.26. The van der Waals surface area contributed by atoms with Crippen molar-refractivity contribution in [3.05, 3.63) is 11.5 Å². The molecule has 86 valence electrons. The van der Waals surface area contributed by atoms with Gasteiger partial charge in [-0.25, -0.2) is 8.42 Å². The molecule has 0 N–H and O–H groups in total. The molecule has 0 spiro atoms. The molecule has 1 heterocycles. The molecule has 0 bridgehead atoms. The summed E-state index contributed by atoms with van der Waals surface area (Å²) >= 11 is 0. The first kappa shape index (κ1) is 12.2. The van der Waals surface area contributed by atoms with Gasteiger partial charge in [-0.2, -0.15) is 4.31 Å². The van der Waals surface area contributed by atoms with Crippen LogP contribution in [0.15, 0.2) is 9.42 Å². The van der Waals surface area contributed by atoms with Gasteiger partial charge in [0.1, 0.15) is 10.6 Å². The lowest BCUT2D eigenvalue weighted by Gasteiger charge is -2.20. The quantitative estimate of drug-likeness (QED) is 0.788. The fourth-order valence-corrected chi connectivity index (χ4v) is 2.92. The van der Waals surface area contributed by atoms with Gasteiger partial charge in [0.15, 0.2) is 5.76 Å². The summed E-state index contributed by atoms with van der Waals surface area (Å²) in [5.74, 6) is 0.333. The number of aryl methyl sites for hydroxylation is 2. The van der Waals surface area contributed by atoms with Gasteiger partial charge in [-0.3, -0.25) is 0 Å². The van der Waals surface area contributed by atoms with E-state index in [1.165, 1.54) is 4.31 Å². The predicted octanol–water partition coefficient (Wildman–Crippen LogP) is 1.32. The van der Waals surface area contributed by atoms with Gasteiger partial charge in [0.25, 0.3) is 0 Å². The minimum Gasteiger partial charge on any atom is -0.360 e. The van der Waals surface area contributed by atoms with E-state index in [1.54, 1.807) is 20.9 Å². The van der Waals surface area contributed by atoms with Crippen LogP contribution in [0.25, 0.3) is 0 Å². The SMILES string of the molecule is Cc1noc(C)c1S(=O)(=O)N(C)C(C)C. The van der Waals surface area contributed by atoms with Gasteiger partial charge in [0, 0.05) is 13.1 Å². The molecule has 0 amide bonds. The lowest BCUT2D eigenvalue weighted by molar-refractivity contribution is 0.387. The Kier molecular flexibility index (Phi) is 3.20. The van der Waals surface area contributed by atoms with Crippen molar-refractivity contribution in [1.82, 2.24) is 9.46 Å². The average Bonchev–Trinajstić information content (AvgIpc) is 2.44. The van der Waals surface area contributed by atoms with Gasteiger partial charge in [-0.1, -0.05) is 5.16 Å². The van der Waals surface area contributed by atoms with Crippen molar-refractivity contribution in [2.75, 3.05) is 7.05 Å². The van der Waals surface area contributed by atoms with Crippen LogP contribution in [-0.4, -0.2) is 31.0 Å². The lowest BCUT2D eigenvalue weighted by atomic mass is 10.4. The van der Waals surface area contributed by atoms with Crippen molar-refractivity contribution in [2.24, 2.45) is 0 Å². The standard InChI is InChI=1S/C9H16N2O3S/c1-6(2)11(5)15(12,13)9-7(3)10-14-8(9)4/h6H,1-5H3. The van der Waals surface area contributed by atoms with Crippen LogP contribution < -0.4 is 0 Å². The van der Waals surface area contributed by atoms with Gasteiger partial charge in [0.2, 0.25) is 10.0 Å². The van der Waals surface area contributed by atoms with Crippen molar-refractivity contribution in [3.8, 4) is 0 Å². The highest BCUT2D eigenvalue weighted by Gasteiger charge is 2.29. The van der Waals surface area contributed by atoms with Crippen LogP contribution in [0.3, 0.4) is 0 Å². The van der Waals surface area contributed by atoms with E-state index >= 15 is 0 Å². The molecule has 0 aliphatic carbocycles. The Morgan fingerprint density at radius 1 is 1.33 bits per heavy atom. The molecule has 0 aliphatic rings. The number of sulfonamides is 1. The Morgan fingerprint density at radius 2 is 1.87 bits per heavy atom. The van der Waals surface area contributed by atoms with E-state index in [1.807, 2.05) is 13.8 Å². The normalized spacial score (nSPS) is 12.7. The van der Waals surface area contributed by atoms with Crippen molar-refractivity contribution < 1.29 is 12.9 Å². The van der Waals surface area contributed by atoms with Crippen LogP contribution in [0.4, 0.5) is 0 Å². The zero-order chi connectivity index (χ0) is 11.8. The third-order valence-electron chi connectivity index (χ3n) is 2.33. The first-order chi connectivity index (χ1) is 6.78. The third kappa shape index (κ3) is 2.05. The van der Waals surface area contributed by atoms with E-state index in [0.717, 1.165) is 0 Å². The number of rotatable bonds is 3. The van der Waals surface area contributed by atoms with Gasteiger partial charge in [-0.15, -0.1) is 0 Å². The van der Waals surface area contributed by atoms with Gasteiger partial charge in [-0.05, 0) is 27.7 Å². The summed E-state index contributed by atoms with van der Waals surface area (Å²) < 4.78 is 30.4. The van der Waals surface area contributed by atoms with Gasteiger partial charge in [0.05, 0.1) is 0 Å². The van der Waals surface area contributed by atoms with Crippen LogP contribution in [0.5, 0.6) is 0 Å². The first-order valence-corrected chi connectivity index (χ1v) is 6.13. The molecular formula is C9H16N2O3S. The van der Waals surface area contributed by atoms with Crippen LogP contribution in [0, 0.1) is 13.8 Å². The number of aromatic nitrogens is 1. The molecule has 15 heavy (non-hydrogen) atoms. The maximum absolute atomic E-state index is 12.1. The summed E-state index contributed by atoms with van der Waals surface area (Å²) in [7, 11) is -1.93. The molecule has 0 unspecified atom stereocenters. The Morgan fingerprint density at radius 3 is 2.20 bits per heavy atom. The number of hydrogen-bond donors (Lipinski definition) is 0. The van der Waals surface area contributed by atoms with Crippen LogP contribution >= 0.6 is 0 Å². The van der Waals surface area contributed by atoms with Crippen molar-refractivity contribution in [1.29, 1.82) is 0 Å². The Bertz CT molecular complexity index is 428. The van der Waals surface area contributed by atoms with Gasteiger partial charge < -0.3 is 4.52 Å². The van der Waals surface area contributed by atoms with E-state index < -0.39 is 10.0 Å². The number of hydrogen-bond acceptors (Lipinski definition) is 4. The second-order valence-electron chi connectivity index (χ2n) is 3.77. The highest BCUT2D eigenvalue weighted by molar-refractivity contribution is 7.89. The molecule has 5 nitrogen and oxygen atoms in total. The molecule has 0 fully saturated rings. The minimum absolute atomic E-state index is 0.0938. The highest BCUT2D eigenvalue weighted by atomic mass is 32.2. The Labute approximate surface area is 90.1 Å². The summed E-state index contributed by atoms with van der Waals surface area (Å²) in [6, 6.07) is -0.0938. The van der Waals surface area contributed by atoms with Crippen molar-refractivity contribution >= 4 is 10.0 Å². The molecule has 1 rings (SSSR count). The summed E-state index contributed by atoms with van der Waals surface area (Å²) in [6.07, 6.45) is 0. The van der Waals surface area contributed by atoms with E-state index in [4.69, 9.17) is 4.52 Å². The Hall–Kier alpha value is -0.880. The molecule has 0 atom stereocenters. The monoisotopic (exact) mass is 232 g/mol. The molecule has 0 aliphatic heterocycles. The summed E-state index contributed by atoms with van der Waals surface area (Å²) in [6.45, 7) is 6.85. The minimum atomic E-state index is -3.48. The van der Waals surface area contributed by atoms with Crippen LogP contribution in [-0.2, 0) is 10.0 Å². The first-order valence-electron chi connectivity index (χ1n) is 4.69. The largest absolute Gasteiger partial charge is 0.360 e. The second kappa shape index (κ2) is 3.94. The van der Waals surface area contributed by atoms with E-state index in [9.17, 15) is 8.42 Å². The molecule has 6 heteroatoms. The van der Waals surface area contributed by atoms with E-state index in [2.05, 4.69) is 5.16 Å². The zero-order valence-electron chi connectivity index (χ0n) is 9.60. The summed E-state index contributed by atoms with van der Waals surface area (Å²) in [4.78, 5) is 0.179. The predicted molar refractivity (Wildman–Crippen MR) is 56.1 cm³/mol. The average molecular weight is 232 g/mol. The van der Waals surface area contributed by atoms with Crippen LogP contribution in [0.1, 0.15) is 25.3 Å². The van der Waals surface area contributed by atoms with E-state index in [0.29, 0.717) is 11.5 Å². The summed E-state index contributed by atoms with van der Waals surface area (Å²) in [5.41, 5.74) is 0.403. The second-order valence-corrected chi connectivity index (χ2v) is 5.70. The maximum atomic E-state index is 12.1. The van der Waals surface area contributed by atoms with Crippen molar-refractivity contribution in [3.63, 3.8) is 0 Å². The molecule has 0 saturated carbocycles. The maximum Gasteiger partial charge on any atom is 0.248 e. The molecule has 0 saturated heterocycles. The summed E-state index contributed by atoms with van der Waals surface area (Å²) in [5, 5.41) is 3.64. The highest BCUT2D eigenvalue weighted by Crippen LogP contribution is 2.23. The third-order valence-corrected chi connectivity index (χ3v) is 4.61. The van der Waals surface area contributed by atoms with Gasteiger partial charge >= 0.3 is 0 Å². The smallest absolute Gasteiger partial charge is 0.248 e. The molecule has 0 aromatic carbocycles. The molecule has 1 aromatic rings. The fraction of sp³-hybridized carbons (Fsp3) is 0.667. The van der Waals surface area contributed by atoms with Crippen LogP contribution in [0.2, 0.25) is 0 Å². The molecule has 0 radical (unpaired) electrons. The van der Waals surface area contributed by atoms with Crippen molar-refractivity contribution in [2.45, 2.75) is 38.6 Å². The lowest BCUT2D eigenvalue weighted by Crippen LogP contribution is -2.33. The Balaban J connectivity index is 3.29. The number of nitrogens with zero attached hydrogens (tertiary/aromatic N) is 2. The molecular weight excluding hydrogens is 216 g/mol. The van der Waals surface area contributed by atoms with E-state index in [-0.39, 0.29) is 10.9 Å². The molecule has 1 aromatic heterocycles. The zero-order valence-corrected chi connectivity index (χ0v) is 10.4. The topological polar surface area (TPSA) is 63.4 Å².